The molecule has 0 radical (unpaired) electrons. The smallest absolute Gasteiger partial charge is 0.318 e. The fourth-order valence-electron chi connectivity index (χ4n) is 4.06. The Kier molecular flexibility index (Phi) is 3.82. The van der Waals surface area contributed by atoms with Crippen LogP contribution in [0.3, 0.4) is 0 Å². The number of carbonyl (C=O) groups is 2. The fourth-order valence-corrected chi connectivity index (χ4v) is 4.06. The van der Waals surface area contributed by atoms with Gasteiger partial charge in [-0.15, -0.1) is 0 Å². The Morgan fingerprint density at radius 2 is 2.10 bits per heavy atom. The summed E-state index contributed by atoms with van der Waals surface area (Å²) in [7, 11) is 0. The molecule has 2 aliphatic carbocycles. The fraction of sp³-hybridized carbons (Fsp3) is 0.867. The normalized spacial score (nSPS) is 39.1. The molecule has 6 heteroatoms. The van der Waals surface area contributed by atoms with Gasteiger partial charge < -0.3 is 20.1 Å². The topological polar surface area (TPSA) is 78.9 Å². The highest BCUT2D eigenvalue weighted by Crippen LogP contribution is 2.38. The van der Waals surface area contributed by atoms with Crippen molar-refractivity contribution in [1.29, 1.82) is 0 Å². The van der Waals surface area contributed by atoms with E-state index in [1.807, 2.05) is 4.90 Å². The molecule has 4 atom stereocenters. The van der Waals surface area contributed by atoms with Gasteiger partial charge in [-0.3, -0.25) is 4.79 Å². The number of hydrogen-bond donors (Lipinski definition) is 2. The van der Waals surface area contributed by atoms with Crippen molar-refractivity contribution in [3.8, 4) is 0 Å². The summed E-state index contributed by atoms with van der Waals surface area (Å²) in [6, 6.07) is -0.226. The van der Waals surface area contributed by atoms with E-state index in [-0.39, 0.29) is 24.2 Å². The second kappa shape index (κ2) is 5.48. The third-order valence-corrected chi connectivity index (χ3v) is 5.49. The number of aliphatic carboxylic acids is 1. The maximum atomic E-state index is 12.6. The van der Waals surface area contributed by atoms with Crippen LogP contribution in [0.1, 0.15) is 45.4 Å². The van der Waals surface area contributed by atoms with E-state index in [1.54, 1.807) is 6.92 Å². The van der Waals surface area contributed by atoms with Crippen LogP contribution in [0, 0.1) is 5.41 Å². The SMILES string of the molecule is CC1(C(=O)O)CCCC1NC(=O)N1CCOC2CCCC21. The van der Waals surface area contributed by atoms with Crippen molar-refractivity contribution >= 4 is 12.0 Å². The molecule has 0 aromatic carbocycles. The van der Waals surface area contributed by atoms with Crippen LogP contribution in [0.25, 0.3) is 0 Å². The van der Waals surface area contributed by atoms with Crippen LogP contribution in [-0.4, -0.2) is 53.3 Å². The number of ether oxygens (including phenoxy) is 1. The molecule has 2 N–H and O–H groups in total. The number of carbonyl (C=O) groups excluding carboxylic acids is 1. The van der Waals surface area contributed by atoms with Gasteiger partial charge in [0.2, 0.25) is 0 Å². The van der Waals surface area contributed by atoms with E-state index in [0.29, 0.717) is 19.6 Å². The van der Waals surface area contributed by atoms with Gasteiger partial charge in [-0.05, 0) is 39.0 Å². The van der Waals surface area contributed by atoms with Crippen molar-refractivity contribution in [1.82, 2.24) is 10.2 Å². The third kappa shape index (κ3) is 2.50. The monoisotopic (exact) mass is 296 g/mol. The Bertz CT molecular complexity index is 441. The summed E-state index contributed by atoms with van der Waals surface area (Å²) in [6.07, 6.45) is 5.48. The van der Waals surface area contributed by atoms with Crippen LogP contribution < -0.4 is 5.32 Å². The lowest BCUT2D eigenvalue weighted by Gasteiger charge is -2.39. The molecule has 0 aromatic rings. The first-order valence-corrected chi connectivity index (χ1v) is 7.94. The first-order valence-electron chi connectivity index (χ1n) is 7.94. The lowest BCUT2D eigenvalue weighted by Crippen LogP contribution is -2.58. The number of carboxylic acids is 1. The van der Waals surface area contributed by atoms with Crippen molar-refractivity contribution in [3.63, 3.8) is 0 Å². The van der Waals surface area contributed by atoms with Crippen LogP contribution in [0.5, 0.6) is 0 Å². The Morgan fingerprint density at radius 3 is 2.86 bits per heavy atom. The molecule has 4 unspecified atom stereocenters. The highest BCUT2D eigenvalue weighted by atomic mass is 16.5. The number of nitrogens with one attached hydrogen (secondary N) is 1. The van der Waals surface area contributed by atoms with Crippen molar-refractivity contribution in [2.45, 2.75) is 63.6 Å². The van der Waals surface area contributed by atoms with E-state index in [4.69, 9.17) is 4.74 Å². The van der Waals surface area contributed by atoms with Crippen molar-refractivity contribution in [2.24, 2.45) is 5.41 Å². The number of carboxylic acid groups (broad SMARTS) is 1. The van der Waals surface area contributed by atoms with Crippen LogP contribution in [0.15, 0.2) is 0 Å². The van der Waals surface area contributed by atoms with Gasteiger partial charge >= 0.3 is 12.0 Å². The molecule has 1 aliphatic heterocycles. The zero-order valence-corrected chi connectivity index (χ0v) is 12.5. The number of fused-ring (bicyclic) bond motifs is 1. The van der Waals surface area contributed by atoms with Gasteiger partial charge in [0.15, 0.2) is 0 Å². The molecule has 118 valence electrons. The maximum absolute atomic E-state index is 12.6. The maximum Gasteiger partial charge on any atom is 0.318 e. The van der Waals surface area contributed by atoms with E-state index < -0.39 is 11.4 Å². The molecule has 0 bridgehead atoms. The molecule has 3 fully saturated rings. The van der Waals surface area contributed by atoms with Gasteiger partial charge in [0.1, 0.15) is 0 Å². The molecule has 0 aromatic heterocycles. The van der Waals surface area contributed by atoms with Crippen molar-refractivity contribution in [3.05, 3.63) is 0 Å². The van der Waals surface area contributed by atoms with E-state index in [0.717, 1.165) is 32.1 Å². The van der Waals surface area contributed by atoms with E-state index in [1.165, 1.54) is 0 Å². The molecule has 2 amide bonds. The summed E-state index contributed by atoms with van der Waals surface area (Å²) in [5, 5.41) is 12.4. The Hall–Kier alpha value is -1.30. The second-order valence-corrected chi connectivity index (χ2v) is 6.72. The van der Waals surface area contributed by atoms with Gasteiger partial charge in [-0.2, -0.15) is 0 Å². The van der Waals surface area contributed by atoms with Crippen LogP contribution in [0.4, 0.5) is 4.79 Å². The Balaban J connectivity index is 1.67. The van der Waals surface area contributed by atoms with E-state index in [2.05, 4.69) is 5.32 Å². The highest BCUT2D eigenvalue weighted by molar-refractivity contribution is 5.79. The van der Waals surface area contributed by atoms with Crippen LogP contribution in [0.2, 0.25) is 0 Å². The minimum absolute atomic E-state index is 0.116. The van der Waals surface area contributed by atoms with E-state index >= 15 is 0 Å². The average molecular weight is 296 g/mol. The molecule has 2 saturated carbocycles. The predicted molar refractivity (Wildman–Crippen MR) is 76.0 cm³/mol. The number of nitrogens with zero attached hydrogens (tertiary/aromatic N) is 1. The summed E-state index contributed by atoms with van der Waals surface area (Å²) in [6.45, 7) is 2.92. The molecular formula is C15H24N2O4. The number of rotatable bonds is 2. The number of hydrogen-bond acceptors (Lipinski definition) is 3. The number of urea groups is 1. The predicted octanol–water partition coefficient (Wildman–Crippen LogP) is 1.59. The number of amides is 2. The molecule has 21 heavy (non-hydrogen) atoms. The molecule has 3 rings (SSSR count). The summed E-state index contributed by atoms with van der Waals surface area (Å²) in [5.41, 5.74) is -0.836. The minimum atomic E-state index is -0.836. The van der Waals surface area contributed by atoms with Crippen molar-refractivity contribution in [2.75, 3.05) is 13.2 Å². The largest absolute Gasteiger partial charge is 0.481 e. The second-order valence-electron chi connectivity index (χ2n) is 6.72. The summed E-state index contributed by atoms with van der Waals surface area (Å²) in [4.78, 5) is 25.9. The highest BCUT2D eigenvalue weighted by Gasteiger charge is 2.47. The summed E-state index contributed by atoms with van der Waals surface area (Å²) in [5.74, 6) is -0.814. The van der Waals surface area contributed by atoms with E-state index in [9.17, 15) is 14.7 Å². The van der Waals surface area contributed by atoms with Gasteiger partial charge in [-0.1, -0.05) is 6.42 Å². The quantitative estimate of drug-likeness (QED) is 0.811. The molecule has 1 heterocycles. The number of morpholine rings is 1. The van der Waals surface area contributed by atoms with Gasteiger partial charge in [0.05, 0.1) is 24.2 Å². The lowest BCUT2D eigenvalue weighted by molar-refractivity contribution is -0.148. The van der Waals surface area contributed by atoms with Gasteiger partial charge in [0, 0.05) is 12.6 Å². The van der Waals surface area contributed by atoms with Crippen LogP contribution >= 0.6 is 0 Å². The Morgan fingerprint density at radius 1 is 1.29 bits per heavy atom. The average Bonchev–Trinajstić information content (AvgIpc) is 3.06. The lowest BCUT2D eigenvalue weighted by atomic mass is 9.85. The van der Waals surface area contributed by atoms with Crippen molar-refractivity contribution < 1.29 is 19.4 Å². The Labute approximate surface area is 124 Å². The minimum Gasteiger partial charge on any atom is -0.481 e. The summed E-state index contributed by atoms with van der Waals surface area (Å²) < 4.78 is 5.72. The standard InChI is InChI=1S/C15H24N2O4/c1-15(13(18)19)7-3-6-12(15)16-14(20)17-8-9-21-11-5-2-4-10(11)17/h10-12H,2-9H2,1H3,(H,16,20)(H,18,19). The first kappa shape index (κ1) is 14.6. The zero-order valence-electron chi connectivity index (χ0n) is 12.5. The molecule has 3 aliphatic rings. The zero-order chi connectivity index (χ0) is 15.0. The first-order chi connectivity index (χ1) is 10.0. The van der Waals surface area contributed by atoms with Gasteiger partial charge in [0.25, 0.3) is 0 Å². The summed E-state index contributed by atoms with van der Waals surface area (Å²) >= 11 is 0. The molecule has 6 nitrogen and oxygen atoms in total. The molecule has 0 spiro atoms. The third-order valence-electron chi connectivity index (χ3n) is 5.49. The molecular weight excluding hydrogens is 272 g/mol. The van der Waals surface area contributed by atoms with Gasteiger partial charge in [-0.25, -0.2) is 4.79 Å². The van der Waals surface area contributed by atoms with Crippen LogP contribution in [-0.2, 0) is 9.53 Å². The molecule has 1 saturated heterocycles.